The molecule has 0 heterocycles. The van der Waals surface area contributed by atoms with Crippen LogP contribution in [0.4, 0.5) is 0 Å². The summed E-state index contributed by atoms with van der Waals surface area (Å²) in [6, 6.07) is 4.27. The zero-order valence-electron chi connectivity index (χ0n) is 11.9. The van der Waals surface area contributed by atoms with Crippen molar-refractivity contribution in [1.82, 2.24) is 0 Å². The first-order valence-electron chi connectivity index (χ1n) is 7.91. The number of hydrogen-bond donors (Lipinski definition) is 0. The van der Waals surface area contributed by atoms with Crippen molar-refractivity contribution in [1.29, 1.82) is 10.5 Å². The van der Waals surface area contributed by atoms with Crippen LogP contribution < -0.4 is 0 Å². The third-order valence-corrected chi connectivity index (χ3v) is 6.81. The van der Waals surface area contributed by atoms with E-state index in [0.717, 1.165) is 37.0 Å². The molecular formula is C17H20N2O. The quantitative estimate of drug-likeness (QED) is 0.773. The number of nitriles is 2. The number of nitrogens with zero attached hydrogens (tertiary/aromatic N) is 2. The summed E-state index contributed by atoms with van der Waals surface area (Å²) < 4.78 is 0. The van der Waals surface area contributed by atoms with E-state index in [0.29, 0.717) is 0 Å². The minimum Gasteiger partial charge on any atom is -0.299 e. The van der Waals surface area contributed by atoms with Crippen molar-refractivity contribution < 1.29 is 4.79 Å². The molecule has 5 fully saturated rings. The normalized spacial score (nSPS) is 50.2. The van der Waals surface area contributed by atoms with Gasteiger partial charge in [-0.15, -0.1) is 0 Å². The molecule has 0 N–H and O–H groups in total. The van der Waals surface area contributed by atoms with Gasteiger partial charge in [-0.25, -0.2) is 0 Å². The van der Waals surface area contributed by atoms with Gasteiger partial charge in [-0.2, -0.15) is 10.5 Å². The van der Waals surface area contributed by atoms with Gasteiger partial charge in [0.15, 0.2) is 5.41 Å². The Morgan fingerprint density at radius 3 is 1.80 bits per heavy atom. The standard InChI is InChI=1S/C17H20N2O/c1-10-14(17(10,8-18)9-19)15(20)16-5-11-2-12(6-16)4-13(3-11)7-16/h10-14H,2-7H2,1H3. The van der Waals surface area contributed by atoms with Crippen molar-refractivity contribution in [3.8, 4) is 12.1 Å². The monoisotopic (exact) mass is 268 g/mol. The molecule has 5 aliphatic rings. The van der Waals surface area contributed by atoms with Crippen LogP contribution in [-0.2, 0) is 4.79 Å². The van der Waals surface area contributed by atoms with E-state index in [1.54, 1.807) is 0 Å². The Hall–Kier alpha value is -1.35. The molecule has 5 rings (SSSR count). The number of ketones is 1. The van der Waals surface area contributed by atoms with Gasteiger partial charge in [0.05, 0.1) is 18.1 Å². The topological polar surface area (TPSA) is 64.7 Å². The van der Waals surface area contributed by atoms with Crippen LogP contribution in [0.25, 0.3) is 0 Å². The summed E-state index contributed by atoms with van der Waals surface area (Å²) in [5, 5.41) is 18.6. The zero-order valence-corrected chi connectivity index (χ0v) is 11.9. The van der Waals surface area contributed by atoms with Crippen molar-refractivity contribution in [2.24, 2.45) is 40.4 Å². The molecule has 0 radical (unpaired) electrons. The van der Waals surface area contributed by atoms with Gasteiger partial charge >= 0.3 is 0 Å². The molecule has 5 aliphatic carbocycles. The van der Waals surface area contributed by atoms with Crippen molar-refractivity contribution in [3.05, 3.63) is 0 Å². The highest BCUT2D eigenvalue weighted by Crippen LogP contribution is 2.66. The predicted molar refractivity (Wildman–Crippen MR) is 71.9 cm³/mol. The molecule has 0 spiro atoms. The second kappa shape index (κ2) is 3.64. The van der Waals surface area contributed by atoms with E-state index < -0.39 is 5.41 Å². The van der Waals surface area contributed by atoms with Gasteiger partial charge in [0.2, 0.25) is 0 Å². The molecule has 2 unspecified atom stereocenters. The van der Waals surface area contributed by atoms with E-state index in [1.165, 1.54) is 19.3 Å². The molecule has 2 atom stereocenters. The smallest absolute Gasteiger partial charge is 0.157 e. The average Bonchev–Trinajstić information content (AvgIpc) is 3.01. The van der Waals surface area contributed by atoms with Gasteiger partial charge in [0, 0.05) is 11.3 Å². The Morgan fingerprint density at radius 1 is 1.00 bits per heavy atom. The fourth-order valence-electron chi connectivity index (χ4n) is 6.10. The summed E-state index contributed by atoms with van der Waals surface area (Å²) in [4.78, 5) is 13.1. The highest BCUT2D eigenvalue weighted by molar-refractivity contribution is 5.92. The molecular weight excluding hydrogens is 248 g/mol. The molecule has 0 aromatic heterocycles. The van der Waals surface area contributed by atoms with Gasteiger partial charge in [-0.05, 0) is 56.3 Å². The molecule has 104 valence electrons. The van der Waals surface area contributed by atoms with Crippen molar-refractivity contribution in [2.45, 2.75) is 45.4 Å². The maximum Gasteiger partial charge on any atom is 0.157 e. The molecule has 5 saturated carbocycles. The van der Waals surface area contributed by atoms with Crippen LogP contribution in [0.3, 0.4) is 0 Å². The summed E-state index contributed by atoms with van der Waals surface area (Å²) in [6.07, 6.45) is 7.05. The van der Waals surface area contributed by atoms with E-state index >= 15 is 0 Å². The van der Waals surface area contributed by atoms with Gasteiger partial charge < -0.3 is 0 Å². The van der Waals surface area contributed by atoms with Crippen LogP contribution in [0.2, 0.25) is 0 Å². The number of hydrogen-bond acceptors (Lipinski definition) is 3. The Bertz CT molecular complexity index is 515. The molecule has 0 amide bonds. The molecule has 3 nitrogen and oxygen atoms in total. The Kier molecular flexibility index (Phi) is 2.26. The average molecular weight is 268 g/mol. The fraction of sp³-hybridized carbons (Fsp3) is 0.824. The number of Topliss-reactive ketones (excluding diaryl/α,β-unsaturated/α-hetero) is 1. The van der Waals surface area contributed by atoms with Crippen LogP contribution in [0, 0.1) is 63.1 Å². The molecule has 0 saturated heterocycles. The lowest BCUT2D eigenvalue weighted by Crippen LogP contribution is -2.50. The molecule has 0 aromatic rings. The first-order valence-corrected chi connectivity index (χ1v) is 7.91. The molecule has 20 heavy (non-hydrogen) atoms. The summed E-state index contributed by atoms with van der Waals surface area (Å²) in [5.74, 6) is 2.09. The van der Waals surface area contributed by atoms with Crippen molar-refractivity contribution in [2.75, 3.05) is 0 Å². The van der Waals surface area contributed by atoms with E-state index in [-0.39, 0.29) is 23.0 Å². The Balaban J connectivity index is 1.65. The number of rotatable bonds is 2. The zero-order chi connectivity index (χ0) is 14.1. The molecule has 4 bridgehead atoms. The van der Waals surface area contributed by atoms with Crippen LogP contribution in [0.5, 0.6) is 0 Å². The highest BCUT2D eigenvalue weighted by Gasteiger charge is 2.71. The minimum absolute atomic E-state index is 0.0713. The third-order valence-electron chi connectivity index (χ3n) is 6.81. The number of carbonyl (C=O) groups is 1. The molecule has 3 heteroatoms. The lowest BCUT2D eigenvalue weighted by atomic mass is 9.48. The summed E-state index contributed by atoms with van der Waals surface area (Å²) in [6.45, 7) is 1.90. The largest absolute Gasteiger partial charge is 0.299 e. The molecule has 0 aromatic carbocycles. The SMILES string of the molecule is CC1C(C(=O)C23CC4CC(CC(C4)C2)C3)C1(C#N)C#N. The van der Waals surface area contributed by atoms with Crippen LogP contribution in [0.15, 0.2) is 0 Å². The van der Waals surface area contributed by atoms with Gasteiger partial charge in [-0.1, -0.05) is 6.92 Å². The van der Waals surface area contributed by atoms with Crippen LogP contribution in [-0.4, -0.2) is 5.78 Å². The molecule has 0 aliphatic heterocycles. The maximum absolute atomic E-state index is 13.1. The van der Waals surface area contributed by atoms with Gasteiger partial charge in [0.1, 0.15) is 5.78 Å². The summed E-state index contributed by atoms with van der Waals surface area (Å²) in [7, 11) is 0. The van der Waals surface area contributed by atoms with E-state index in [1.807, 2.05) is 6.92 Å². The van der Waals surface area contributed by atoms with E-state index in [2.05, 4.69) is 12.1 Å². The first kappa shape index (κ1) is 12.4. The minimum atomic E-state index is -1.01. The highest BCUT2D eigenvalue weighted by atomic mass is 16.1. The number of carbonyl (C=O) groups excluding carboxylic acids is 1. The predicted octanol–water partition coefficient (Wildman–Crippen LogP) is 3.07. The maximum atomic E-state index is 13.1. The third kappa shape index (κ3) is 1.32. The van der Waals surface area contributed by atoms with Crippen molar-refractivity contribution in [3.63, 3.8) is 0 Å². The first-order chi connectivity index (χ1) is 9.54. The summed E-state index contributed by atoms with van der Waals surface area (Å²) >= 11 is 0. The Morgan fingerprint density at radius 2 is 1.45 bits per heavy atom. The fourth-order valence-corrected chi connectivity index (χ4v) is 6.10. The van der Waals surface area contributed by atoms with E-state index in [4.69, 9.17) is 0 Å². The second-order valence-corrected chi connectivity index (χ2v) is 7.92. The van der Waals surface area contributed by atoms with Crippen molar-refractivity contribution >= 4 is 5.78 Å². The van der Waals surface area contributed by atoms with Crippen LogP contribution in [0.1, 0.15) is 45.4 Å². The lowest BCUT2D eigenvalue weighted by molar-refractivity contribution is -0.146. The second-order valence-electron chi connectivity index (χ2n) is 7.92. The lowest BCUT2D eigenvalue weighted by Gasteiger charge is -2.56. The Labute approximate surface area is 120 Å². The van der Waals surface area contributed by atoms with E-state index in [9.17, 15) is 15.3 Å². The van der Waals surface area contributed by atoms with Crippen LogP contribution >= 0.6 is 0 Å². The van der Waals surface area contributed by atoms with Gasteiger partial charge in [-0.3, -0.25) is 4.79 Å². The van der Waals surface area contributed by atoms with Gasteiger partial charge in [0.25, 0.3) is 0 Å². The summed E-state index contributed by atoms with van der Waals surface area (Å²) in [5.41, 5.74) is -1.18.